The first-order valence-electron chi connectivity index (χ1n) is 4.45. The van der Waals surface area contributed by atoms with E-state index >= 15 is 0 Å². The van der Waals surface area contributed by atoms with E-state index in [0.29, 0.717) is 6.54 Å². The standard InChI is InChI=1S/C9H11BrF3NOS/c1-14(4-7(15)9(11,12)13)3-6-2-8(10)16-5-6/h2,5,7,15H,3-4H2,1H3. The molecule has 1 N–H and O–H groups in total. The van der Waals surface area contributed by atoms with E-state index in [1.54, 1.807) is 7.05 Å². The fraction of sp³-hybridized carbons (Fsp3) is 0.556. The van der Waals surface area contributed by atoms with E-state index in [1.807, 2.05) is 11.4 Å². The molecule has 0 aromatic carbocycles. The Balaban J connectivity index is 2.45. The van der Waals surface area contributed by atoms with Gasteiger partial charge in [-0.15, -0.1) is 11.3 Å². The summed E-state index contributed by atoms with van der Waals surface area (Å²) in [5.41, 5.74) is 0.925. The molecule has 0 bridgehead atoms. The average Bonchev–Trinajstić information content (AvgIpc) is 2.49. The molecule has 92 valence electrons. The van der Waals surface area contributed by atoms with Crippen LogP contribution in [0.25, 0.3) is 0 Å². The van der Waals surface area contributed by atoms with Crippen LogP contribution in [0.4, 0.5) is 13.2 Å². The maximum atomic E-state index is 12.1. The number of aliphatic hydroxyl groups excluding tert-OH is 1. The van der Waals surface area contributed by atoms with Crippen molar-refractivity contribution in [2.75, 3.05) is 13.6 Å². The Hall–Kier alpha value is -0.110. The molecule has 1 rings (SSSR count). The van der Waals surface area contributed by atoms with Crippen LogP contribution in [0.1, 0.15) is 5.56 Å². The third-order valence-corrected chi connectivity index (χ3v) is 3.49. The number of halogens is 4. The Kier molecular flexibility index (Phi) is 4.78. The number of thiophene rings is 1. The lowest BCUT2D eigenvalue weighted by molar-refractivity contribution is -0.207. The summed E-state index contributed by atoms with van der Waals surface area (Å²) in [5.74, 6) is 0. The van der Waals surface area contributed by atoms with Crippen LogP contribution < -0.4 is 0 Å². The van der Waals surface area contributed by atoms with E-state index < -0.39 is 18.8 Å². The van der Waals surface area contributed by atoms with Crippen molar-refractivity contribution in [3.8, 4) is 0 Å². The molecule has 0 amide bonds. The Morgan fingerprint density at radius 2 is 2.19 bits per heavy atom. The molecule has 1 heterocycles. The van der Waals surface area contributed by atoms with Gasteiger partial charge in [-0.05, 0) is 40.0 Å². The van der Waals surface area contributed by atoms with Gasteiger partial charge < -0.3 is 5.11 Å². The fourth-order valence-corrected chi connectivity index (χ4v) is 2.40. The molecule has 0 aliphatic rings. The molecule has 7 heteroatoms. The SMILES string of the molecule is CN(Cc1csc(Br)c1)CC(O)C(F)(F)F. The van der Waals surface area contributed by atoms with Crippen LogP contribution in [-0.2, 0) is 6.54 Å². The quantitative estimate of drug-likeness (QED) is 0.923. The van der Waals surface area contributed by atoms with Gasteiger partial charge in [-0.25, -0.2) is 0 Å². The molecule has 0 saturated carbocycles. The van der Waals surface area contributed by atoms with Crippen molar-refractivity contribution < 1.29 is 18.3 Å². The van der Waals surface area contributed by atoms with Crippen LogP contribution in [0.5, 0.6) is 0 Å². The highest BCUT2D eigenvalue weighted by Gasteiger charge is 2.38. The maximum Gasteiger partial charge on any atom is 0.415 e. The zero-order valence-electron chi connectivity index (χ0n) is 8.46. The third kappa shape index (κ3) is 4.40. The number of nitrogens with zero attached hydrogens (tertiary/aromatic N) is 1. The van der Waals surface area contributed by atoms with Gasteiger partial charge in [0.15, 0.2) is 6.10 Å². The molecule has 0 saturated heterocycles. The van der Waals surface area contributed by atoms with E-state index in [1.165, 1.54) is 16.2 Å². The summed E-state index contributed by atoms with van der Waals surface area (Å²) in [7, 11) is 1.54. The normalized spacial score (nSPS) is 14.4. The maximum absolute atomic E-state index is 12.1. The summed E-state index contributed by atoms with van der Waals surface area (Å²) < 4.78 is 37.1. The number of hydrogen-bond acceptors (Lipinski definition) is 3. The second-order valence-electron chi connectivity index (χ2n) is 3.51. The van der Waals surface area contributed by atoms with Gasteiger partial charge in [0.2, 0.25) is 0 Å². The number of hydrogen-bond donors (Lipinski definition) is 1. The summed E-state index contributed by atoms with van der Waals surface area (Å²) in [4.78, 5) is 1.44. The number of alkyl halides is 3. The Morgan fingerprint density at radius 1 is 1.56 bits per heavy atom. The topological polar surface area (TPSA) is 23.5 Å². The fourth-order valence-electron chi connectivity index (χ4n) is 1.20. The molecular formula is C9H11BrF3NOS. The summed E-state index contributed by atoms with van der Waals surface area (Å²) in [5, 5.41) is 10.7. The van der Waals surface area contributed by atoms with Crippen molar-refractivity contribution >= 4 is 27.3 Å². The minimum Gasteiger partial charge on any atom is -0.382 e. The van der Waals surface area contributed by atoms with Crippen LogP contribution in [0.2, 0.25) is 0 Å². The predicted molar refractivity (Wildman–Crippen MR) is 60.4 cm³/mol. The zero-order chi connectivity index (χ0) is 12.3. The van der Waals surface area contributed by atoms with Crippen molar-refractivity contribution in [3.05, 3.63) is 20.8 Å². The molecule has 16 heavy (non-hydrogen) atoms. The van der Waals surface area contributed by atoms with Gasteiger partial charge in [-0.3, -0.25) is 4.90 Å². The predicted octanol–water partition coefficient (Wildman–Crippen LogP) is 2.87. The highest BCUT2D eigenvalue weighted by Crippen LogP contribution is 2.23. The van der Waals surface area contributed by atoms with Crippen LogP contribution in [0, 0.1) is 0 Å². The van der Waals surface area contributed by atoms with Crippen molar-refractivity contribution in [1.82, 2.24) is 4.90 Å². The molecule has 0 aliphatic heterocycles. The second kappa shape index (κ2) is 5.48. The first kappa shape index (κ1) is 14.0. The molecule has 2 nitrogen and oxygen atoms in total. The number of rotatable bonds is 4. The van der Waals surface area contributed by atoms with Crippen molar-refractivity contribution in [2.45, 2.75) is 18.8 Å². The number of aliphatic hydroxyl groups is 1. The highest BCUT2D eigenvalue weighted by atomic mass is 79.9. The molecule has 0 spiro atoms. The molecule has 0 aliphatic carbocycles. The van der Waals surface area contributed by atoms with Crippen molar-refractivity contribution in [1.29, 1.82) is 0 Å². The van der Waals surface area contributed by atoms with E-state index in [4.69, 9.17) is 5.11 Å². The summed E-state index contributed by atoms with van der Waals surface area (Å²) >= 11 is 4.75. The smallest absolute Gasteiger partial charge is 0.382 e. The Bertz CT molecular complexity index is 342. The van der Waals surface area contributed by atoms with Gasteiger partial charge in [0.25, 0.3) is 0 Å². The lowest BCUT2D eigenvalue weighted by Gasteiger charge is -2.21. The largest absolute Gasteiger partial charge is 0.415 e. The second-order valence-corrected chi connectivity index (χ2v) is 5.80. The molecule has 1 atom stereocenters. The van der Waals surface area contributed by atoms with Gasteiger partial charge in [-0.2, -0.15) is 13.2 Å². The third-order valence-electron chi connectivity index (χ3n) is 1.94. The molecule has 1 aromatic heterocycles. The Morgan fingerprint density at radius 3 is 2.62 bits per heavy atom. The zero-order valence-corrected chi connectivity index (χ0v) is 10.9. The first-order valence-corrected chi connectivity index (χ1v) is 6.12. The molecule has 1 unspecified atom stereocenters. The van der Waals surface area contributed by atoms with Crippen LogP contribution in [0.15, 0.2) is 15.2 Å². The molecule has 1 aromatic rings. The van der Waals surface area contributed by atoms with E-state index in [0.717, 1.165) is 9.35 Å². The van der Waals surface area contributed by atoms with Crippen LogP contribution in [-0.4, -0.2) is 35.9 Å². The minimum absolute atomic E-state index is 0.384. The van der Waals surface area contributed by atoms with Crippen molar-refractivity contribution in [2.24, 2.45) is 0 Å². The van der Waals surface area contributed by atoms with Crippen molar-refractivity contribution in [3.63, 3.8) is 0 Å². The van der Waals surface area contributed by atoms with E-state index in [9.17, 15) is 13.2 Å². The minimum atomic E-state index is -4.55. The molecule has 0 radical (unpaired) electrons. The van der Waals surface area contributed by atoms with Gasteiger partial charge >= 0.3 is 6.18 Å². The number of likely N-dealkylation sites (N-methyl/N-ethyl adjacent to an activating group) is 1. The van der Waals surface area contributed by atoms with Gasteiger partial charge in [-0.1, -0.05) is 0 Å². The van der Waals surface area contributed by atoms with Gasteiger partial charge in [0.1, 0.15) is 0 Å². The van der Waals surface area contributed by atoms with Crippen LogP contribution >= 0.6 is 27.3 Å². The van der Waals surface area contributed by atoms with E-state index in [2.05, 4.69) is 15.9 Å². The lowest BCUT2D eigenvalue weighted by Crippen LogP contribution is -2.39. The molecule has 0 fully saturated rings. The lowest BCUT2D eigenvalue weighted by atomic mass is 10.3. The van der Waals surface area contributed by atoms with Crippen LogP contribution in [0.3, 0.4) is 0 Å². The summed E-state index contributed by atoms with van der Waals surface area (Å²) in [6.07, 6.45) is -6.84. The summed E-state index contributed by atoms with van der Waals surface area (Å²) in [6.45, 7) is -0.0355. The highest BCUT2D eigenvalue weighted by molar-refractivity contribution is 9.11. The monoisotopic (exact) mass is 317 g/mol. The first-order chi connectivity index (χ1) is 7.29. The molecular weight excluding hydrogens is 307 g/mol. The van der Waals surface area contributed by atoms with E-state index in [-0.39, 0.29) is 0 Å². The summed E-state index contributed by atoms with van der Waals surface area (Å²) in [6, 6.07) is 1.85. The average molecular weight is 318 g/mol. The van der Waals surface area contributed by atoms with Gasteiger partial charge in [0, 0.05) is 13.1 Å². The Labute approximate surface area is 104 Å². The van der Waals surface area contributed by atoms with Gasteiger partial charge in [0.05, 0.1) is 3.79 Å².